The summed E-state index contributed by atoms with van der Waals surface area (Å²) < 4.78 is 23.1. The van der Waals surface area contributed by atoms with Crippen molar-refractivity contribution in [2.24, 2.45) is 10.9 Å². The predicted octanol–water partition coefficient (Wildman–Crippen LogP) is 2.93. The Kier molecular flexibility index (Phi) is 11.5. The average Bonchev–Trinajstić information content (AvgIpc) is 2.63. The summed E-state index contributed by atoms with van der Waals surface area (Å²) in [5, 5.41) is 6.91. The van der Waals surface area contributed by atoms with Crippen LogP contribution in [0.3, 0.4) is 0 Å². The van der Waals surface area contributed by atoms with Crippen LogP contribution in [0.2, 0.25) is 0 Å². The molecular formula is C21H37IN4O2S. The molecule has 1 aromatic carbocycles. The van der Waals surface area contributed by atoms with Gasteiger partial charge in [-0.2, -0.15) is 0 Å². The van der Waals surface area contributed by atoms with Crippen LogP contribution in [0, 0.1) is 5.92 Å². The average molecular weight is 537 g/mol. The van der Waals surface area contributed by atoms with Gasteiger partial charge in [0, 0.05) is 45.0 Å². The van der Waals surface area contributed by atoms with Crippen molar-refractivity contribution < 1.29 is 8.42 Å². The third-order valence-electron chi connectivity index (χ3n) is 4.92. The lowest BCUT2D eigenvalue weighted by molar-refractivity contribution is 0.187. The van der Waals surface area contributed by atoms with E-state index in [-0.39, 0.29) is 24.0 Å². The standard InChI is InChI=1S/C21H36N4O2S.HI/c1-5-22-21(24-19-11-14-25(15-12-19)16-17(2)3)23-13-10-18-6-8-20(9-7-18)28(4,26)27;/h6-9,17,19H,5,10-16H2,1-4H3,(H2,22,23,24);1H. The molecule has 1 saturated heterocycles. The second-order valence-corrected chi connectivity index (χ2v) is 10.1. The lowest BCUT2D eigenvalue weighted by Crippen LogP contribution is -2.49. The molecule has 0 spiro atoms. The number of rotatable bonds is 8. The van der Waals surface area contributed by atoms with Crippen LogP contribution >= 0.6 is 24.0 Å². The fourth-order valence-electron chi connectivity index (χ4n) is 3.49. The Balaban J connectivity index is 0.00000420. The molecule has 1 heterocycles. The first-order valence-corrected chi connectivity index (χ1v) is 12.2. The SMILES string of the molecule is CCNC(=NCCc1ccc(S(C)(=O)=O)cc1)NC1CCN(CC(C)C)CC1.I. The van der Waals surface area contributed by atoms with E-state index >= 15 is 0 Å². The number of guanidine groups is 1. The molecule has 0 aliphatic carbocycles. The van der Waals surface area contributed by atoms with E-state index in [1.165, 1.54) is 12.8 Å². The molecule has 1 fully saturated rings. The third kappa shape index (κ3) is 9.65. The number of halogens is 1. The molecule has 1 aliphatic heterocycles. The van der Waals surface area contributed by atoms with Crippen LogP contribution in [0.1, 0.15) is 39.2 Å². The molecule has 0 unspecified atom stereocenters. The maximum Gasteiger partial charge on any atom is 0.191 e. The van der Waals surface area contributed by atoms with Crippen molar-refractivity contribution in [3.8, 4) is 0 Å². The van der Waals surface area contributed by atoms with Gasteiger partial charge in [0.2, 0.25) is 0 Å². The summed E-state index contributed by atoms with van der Waals surface area (Å²) in [7, 11) is -3.14. The zero-order valence-corrected chi connectivity index (χ0v) is 21.3. The van der Waals surface area contributed by atoms with Gasteiger partial charge in [0.15, 0.2) is 15.8 Å². The third-order valence-corrected chi connectivity index (χ3v) is 6.05. The van der Waals surface area contributed by atoms with Crippen LogP contribution in [0.5, 0.6) is 0 Å². The van der Waals surface area contributed by atoms with Gasteiger partial charge >= 0.3 is 0 Å². The minimum Gasteiger partial charge on any atom is -0.357 e. The molecule has 166 valence electrons. The molecular weight excluding hydrogens is 499 g/mol. The fraction of sp³-hybridized carbons (Fsp3) is 0.667. The summed E-state index contributed by atoms with van der Waals surface area (Å²) in [6.45, 7) is 11.6. The summed E-state index contributed by atoms with van der Waals surface area (Å²) in [6, 6.07) is 7.55. The van der Waals surface area contributed by atoms with Gasteiger partial charge in [-0.05, 0) is 49.8 Å². The quantitative estimate of drug-likeness (QED) is 0.304. The van der Waals surface area contributed by atoms with Gasteiger partial charge in [-0.3, -0.25) is 4.99 Å². The smallest absolute Gasteiger partial charge is 0.191 e. The highest BCUT2D eigenvalue weighted by molar-refractivity contribution is 14.0. The molecule has 0 radical (unpaired) electrons. The van der Waals surface area contributed by atoms with Gasteiger partial charge in [0.25, 0.3) is 0 Å². The Bertz CT molecular complexity index is 728. The summed E-state index contributed by atoms with van der Waals surface area (Å²) >= 11 is 0. The monoisotopic (exact) mass is 536 g/mol. The fourth-order valence-corrected chi connectivity index (χ4v) is 4.12. The number of hydrogen-bond acceptors (Lipinski definition) is 4. The molecule has 8 heteroatoms. The number of nitrogens with one attached hydrogen (secondary N) is 2. The van der Waals surface area contributed by atoms with E-state index in [4.69, 9.17) is 4.99 Å². The number of likely N-dealkylation sites (tertiary alicyclic amines) is 1. The number of nitrogens with zero attached hydrogens (tertiary/aromatic N) is 2. The van der Waals surface area contributed by atoms with Crippen molar-refractivity contribution in [1.29, 1.82) is 0 Å². The number of hydrogen-bond donors (Lipinski definition) is 2. The molecule has 6 nitrogen and oxygen atoms in total. The van der Waals surface area contributed by atoms with Gasteiger partial charge in [-0.1, -0.05) is 26.0 Å². The molecule has 2 N–H and O–H groups in total. The van der Waals surface area contributed by atoms with Crippen molar-refractivity contribution in [1.82, 2.24) is 15.5 Å². The molecule has 2 rings (SSSR count). The van der Waals surface area contributed by atoms with Crippen LogP contribution < -0.4 is 10.6 Å². The van der Waals surface area contributed by atoms with E-state index < -0.39 is 9.84 Å². The lowest BCUT2D eigenvalue weighted by Gasteiger charge is -2.34. The van der Waals surface area contributed by atoms with E-state index in [0.29, 0.717) is 17.5 Å². The number of piperidine rings is 1. The van der Waals surface area contributed by atoms with Crippen molar-refractivity contribution in [2.45, 2.75) is 51.0 Å². The second kappa shape index (κ2) is 12.7. The van der Waals surface area contributed by atoms with Gasteiger partial charge in [-0.25, -0.2) is 8.42 Å². The summed E-state index contributed by atoms with van der Waals surface area (Å²) in [5.74, 6) is 1.59. The van der Waals surface area contributed by atoms with Crippen molar-refractivity contribution in [3.05, 3.63) is 29.8 Å². The molecule has 1 aliphatic rings. The zero-order valence-electron chi connectivity index (χ0n) is 18.1. The van der Waals surface area contributed by atoms with Gasteiger partial charge < -0.3 is 15.5 Å². The van der Waals surface area contributed by atoms with Crippen LogP contribution in [0.4, 0.5) is 0 Å². The Labute approximate surface area is 193 Å². The highest BCUT2D eigenvalue weighted by atomic mass is 127. The molecule has 0 bridgehead atoms. The predicted molar refractivity (Wildman–Crippen MR) is 132 cm³/mol. The minimum atomic E-state index is -3.14. The van der Waals surface area contributed by atoms with Crippen LogP contribution in [-0.4, -0.2) is 64.3 Å². The first-order chi connectivity index (χ1) is 13.3. The first-order valence-electron chi connectivity index (χ1n) is 10.3. The second-order valence-electron chi connectivity index (χ2n) is 8.04. The number of benzene rings is 1. The van der Waals surface area contributed by atoms with Crippen LogP contribution in [-0.2, 0) is 16.3 Å². The zero-order chi connectivity index (χ0) is 20.6. The van der Waals surface area contributed by atoms with E-state index in [1.807, 2.05) is 12.1 Å². The van der Waals surface area contributed by atoms with Crippen molar-refractivity contribution in [2.75, 3.05) is 39.0 Å². The number of aliphatic imine (C=N–C) groups is 1. The molecule has 0 amide bonds. The van der Waals surface area contributed by atoms with E-state index in [9.17, 15) is 8.42 Å². The van der Waals surface area contributed by atoms with Gasteiger partial charge in [0.05, 0.1) is 4.90 Å². The topological polar surface area (TPSA) is 73.8 Å². The first kappa shape index (κ1) is 26.2. The Morgan fingerprint density at radius 1 is 1.21 bits per heavy atom. The Morgan fingerprint density at radius 3 is 2.34 bits per heavy atom. The van der Waals surface area contributed by atoms with Gasteiger partial charge in [-0.15, -0.1) is 24.0 Å². The largest absolute Gasteiger partial charge is 0.357 e. The molecule has 0 saturated carbocycles. The highest BCUT2D eigenvalue weighted by Crippen LogP contribution is 2.13. The molecule has 0 aromatic heterocycles. The van der Waals surface area contributed by atoms with E-state index in [2.05, 4.69) is 36.3 Å². The van der Waals surface area contributed by atoms with Crippen LogP contribution in [0.15, 0.2) is 34.2 Å². The normalized spacial score (nSPS) is 16.5. The van der Waals surface area contributed by atoms with Crippen molar-refractivity contribution >= 4 is 39.8 Å². The maximum atomic E-state index is 11.5. The summed E-state index contributed by atoms with van der Waals surface area (Å²) in [6.07, 6.45) is 4.30. The summed E-state index contributed by atoms with van der Waals surface area (Å²) in [5.41, 5.74) is 1.09. The Hall–Kier alpha value is -0.870. The summed E-state index contributed by atoms with van der Waals surface area (Å²) in [4.78, 5) is 7.61. The van der Waals surface area contributed by atoms with Crippen LogP contribution in [0.25, 0.3) is 0 Å². The molecule has 1 aromatic rings. The lowest BCUT2D eigenvalue weighted by atomic mass is 10.0. The minimum absolute atomic E-state index is 0. The molecule has 0 atom stereocenters. The van der Waals surface area contributed by atoms with E-state index in [1.54, 1.807) is 12.1 Å². The number of sulfone groups is 1. The molecule has 29 heavy (non-hydrogen) atoms. The van der Waals surface area contributed by atoms with Gasteiger partial charge in [0.1, 0.15) is 0 Å². The maximum absolute atomic E-state index is 11.5. The highest BCUT2D eigenvalue weighted by Gasteiger charge is 2.20. The Morgan fingerprint density at radius 2 is 1.83 bits per heavy atom. The van der Waals surface area contributed by atoms with Crippen molar-refractivity contribution in [3.63, 3.8) is 0 Å². The van der Waals surface area contributed by atoms with E-state index in [0.717, 1.165) is 56.3 Å².